The largest absolute Gasteiger partial charge is 0.383 e. The van der Waals surface area contributed by atoms with Crippen molar-refractivity contribution in [3.8, 4) is 17.2 Å². The lowest BCUT2D eigenvalue weighted by Crippen LogP contribution is -2.29. The van der Waals surface area contributed by atoms with Crippen LogP contribution in [0.1, 0.15) is 45.8 Å². The molecule has 2 aromatic carbocycles. The molecule has 0 aliphatic heterocycles. The molecule has 4 N–H and O–H groups in total. The highest BCUT2D eigenvalue weighted by atomic mass is 19.1. The maximum Gasteiger partial charge on any atom is 0.274 e. The molecule has 0 unspecified atom stereocenters. The third-order valence-corrected chi connectivity index (χ3v) is 6.65. The molecule has 0 radical (unpaired) electrons. The van der Waals surface area contributed by atoms with Gasteiger partial charge in [-0.15, -0.1) is 0 Å². The van der Waals surface area contributed by atoms with Gasteiger partial charge in [0.1, 0.15) is 29.7 Å². The minimum Gasteiger partial charge on any atom is -0.383 e. The van der Waals surface area contributed by atoms with E-state index in [0.717, 1.165) is 27.7 Å². The Bertz CT molecular complexity index is 1770. The highest BCUT2D eigenvalue weighted by Crippen LogP contribution is 2.32. The van der Waals surface area contributed by atoms with Crippen molar-refractivity contribution in [2.75, 3.05) is 11.1 Å². The van der Waals surface area contributed by atoms with Crippen molar-refractivity contribution in [1.29, 1.82) is 5.26 Å². The summed E-state index contributed by atoms with van der Waals surface area (Å²) < 4.78 is 15.9. The lowest BCUT2D eigenvalue weighted by atomic mass is 10.0. The third kappa shape index (κ3) is 5.15. The predicted octanol–water partition coefficient (Wildman–Crippen LogP) is 4.43. The van der Waals surface area contributed by atoms with E-state index in [0.29, 0.717) is 23.5 Å². The van der Waals surface area contributed by atoms with E-state index in [1.165, 1.54) is 18.6 Å². The maximum atomic E-state index is 14.0. The molecule has 0 fully saturated rings. The first-order chi connectivity index (χ1) is 19.2. The number of aryl methyl sites for hydroxylation is 2. The fourth-order valence-corrected chi connectivity index (χ4v) is 4.40. The van der Waals surface area contributed by atoms with Gasteiger partial charge in [-0.05, 0) is 42.2 Å². The van der Waals surface area contributed by atoms with E-state index in [2.05, 4.69) is 30.6 Å². The minimum absolute atomic E-state index is 0.00688. The summed E-state index contributed by atoms with van der Waals surface area (Å²) in [7, 11) is 1.91. The van der Waals surface area contributed by atoms with Gasteiger partial charge in [-0.3, -0.25) is 4.79 Å². The number of halogens is 1. The molecule has 3 aromatic heterocycles. The number of amides is 1. The van der Waals surface area contributed by atoms with Crippen molar-refractivity contribution in [2.45, 2.75) is 26.4 Å². The van der Waals surface area contributed by atoms with Crippen LogP contribution in [0.15, 0.2) is 61.2 Å². The second-order valence-electron chi connectivity index (χ2n) is 9.43. The van der Waals surface area contributed by atoms with Crippen molar-refractivity contribution >= 4 is 28.6 Å². The molecule has 5 rings (SSSR count). The number of benzene rings is 2. The van der Waals surface area contributed by atoms with Gasteiger partial charge in [-0.25, -0.2) is 24.3 Å². The predicted molar refractivity (Wildman–Crippen MR) is 149 cm³/mol. The standard InChI is InChI=1S/C29H26FN9O/c1-16-4-7-20(10-23(16)30)17(2)37-29(40)25-27(34-13-21(11-31)38-25)33-12-18-5-8-19(9-6-18)22-14-39(3)28-24(22)26(32)35-15-36-28/h4-10,13-15,17H,12H2,1-3H3,(H,33,34)(H,37,40)(H2,32,35,36)/t17-/m0/s1. The van der Waals surface area contributed by atoms with Crippen LogP contribution in [0.2, 0.25) is 0 Å². The van der Waals surface area contributed by atoms with E-state index < -0.39 is 11.9 Å². The Kier molecular flexibility index (Phi) is 7.07. The minimum atomic E-state index is -0.535. The van der Waals surface area contributed by atoms with Gasteiger partial charge in [-0.2, -0.15) is 5.26 Å². The average molecular weight is 536 g/mol. The van der Waals surface area contributed by atoms with Gasteiger partial charge < -0.3 is 20.9 Å². The van der Waals surface area contributed by atoms with Crippen molar-refractivity contribution < 1.29 is 9.18 Å². The summed E-state index contributed by atoms with van der Waals surface area (Å²) in [4.78, 5) is 30.0. The number of fused-ring (bicyclic) bond motifs is 1. The van der Waals surface area contributed by atoms with E-state index in [4.69, 9.17) is 5.73 Å². The summed E-state index contributed by atoms with van der Waals surface area (Å²) in [5, 5.41) is 16.1. The Morgan fingerprint density at radius 2 is 1.95 bits per heavy atom. The van der Waals surface area contributed by atoms with Crippen molar-refractivity contribution in [3.63, 3.8) is 0 Å². The molecule has 0 bridgehead atoms. The van der Waals surface area contributed by atoms with Crippen LogP contribution in [0.25, 0.3) is 22.2 Å². The summed E-state index contributed by atoms with van der Waals surface area (Å²) in [5.41, 5.74) is 10.8. The molecule has 1 amide bonds. The lowest BCUT2D eigenvalue weighted by molar-refractivity contribution is 0.0935. The zero-order chi connectivity index (χ0) is 28.4. The first-order valence-electron chi connectivity index (χ1n) is 12.5. The highest BCUT2D eigenvalue weighted by Gasteiger charge is 2.20. The summed E-state index contributed by atoms with van der Waals surface area (Å²) in [6.45, 7) is 3.76. The van der Waals surface area contributed by atoms with Gasteiger partial charge in [0.25, 0.3) is 5.91 Å². The van der Waals surface area contributed by atoms with Gasteiger partial charge in [0.05, 0.1) is 17.6 Å². The zero-order valence-electron chi connectivity index (χ0n) is 22.1. The number of aromatic nitrogens is 5. The number of nitrogens with two attached hydrogens (primary N) is 1. The van der Waals surface area contributed by atoms with Crippen LogP contribution >= 0.6 is 0 Å². The molecular weight excluding hydrogens is 509 g/mol. The number of nitrogens with zero attached hydrogens (tertiary/aromatic N) is 6. The van der Waals surface area contributed by atoms with E-state index >= 15 is 0 Å². The van der Waals surface area contributed by atoms with Crippen LogP contribution in [0.4, 0.5) is 16.0 Å². The number of hydrogen-bond donors (Lipinski definition) is 3. The average Bonchev–Trinajstić information content (AvgIpc) is 3.31. The fraction of sp³-hybridized carbons (Fsp3) is 0.172. The molecular formula is C29H26FN9O. The van der Waals surface area contributed by atoms with Crippen molar-refractivity contribution in [2.24, 2.45) is 7.05 Å². The van der Waals surface area contributed by atoms with Crippen LogP contribution in [0.5, 0.6) is 0 Å². The molecule has 200 valence electrons. The number of anilines is 2. The van der Waals surface area contributed by atoms with E-state index in [1.54, 1.807) is 26.0 Å². The van der Waals surface area contributed by atoms with E-state index in [-0.39, 0.29) is 23.0 Å². The number of carbonyl (C=O) groups is 1. The summed E-state index contributed by atoms with van der Waals surface area (Å²) in [5.74, 6) is -0.248. The summed E-state index contributed by atoms with van der Waals surface area (Å²) in [6, 6.07) is 14.1. The molecule has 5 aromatic rings. The number of nitrogens with one attached hydrogen (secondary N) is 2. The van der Waals surface area contributed by atoms with Gasteiger partial charge in [0, 0.05) is 25.4 Å². The second kappa shape index (κ2) is 10.8. The van der Waals surface area contributed by atoms with Crippen molar-refractivity contribution in [3.05, 3.63) is 95.1 Å². The Morgan fingerprint density at radius 1 is 1.18 bits per heavy atom. The molecule has 0 saturated heterocycles. The van der Waals surface area contributed by atoms with Crippen LogP contribution in [0.3, 0.4) is 0 Å². The number of rotatable bonds is 7. The maximum absolute atomic E-state index is 14.0. The van der Waals surface area contributed by atoms with E-state index in [1.807, 2.05) is 48.1 Å². The monoisotopic (exact) mass is 535 g/mol. The van der Waals surface area contributed by atoms with Gasteiger partial charge in [0.15, 0.2) is 17.2 Å². The smallest absolute Gasteiger partial charge is 0.274 e. The quantitative estimate of drug-likeness (QED) is 0.277. The number of nitriles is 1. The van der Waals surface area contributed by atoms with E-state index in [9.17, 15) is 14.4 Å². The first kappa shape index (κ1) is 26.2. The molecule has 40 heavy (non-hydrogen) atoms. The van der Waals surface area contributed by atoms with Crippen LogP contribution in [-0.2, 0) is 13.6 Å². The number of nitrogen functional groups attached to an aromatic ring is 1. The molecule has 10 nitrogen and oxygen atoms in total. The third-order valence-electron chi connectivity index (χ3n) is 6.65. The molecule has 0 aliphatic carbocycles. The fourth-order valence-electron chi connectivity index (χ4n) is 4.40. The Morgan fingerprint density at radius 3 is 2.67 bits per heavy atom. The Hall–Kier alpha value is -5.37. The van der Waals surface area contributed by atoms with Crippen LogP contribution < -0.4 is 16.4 Å². The molecule has 0 saturated carbocycles. The van der Waals surface area contributed by atoms with Gasteiger partial charge in [-0.1, -0.05) is 36.4 Å². The molecule has 11 heteroatoms. The normalized spacial score (nSPS) is 11.7. The molecule has 0 aliphatic rings. The highest BCUT2D eigenvalue weighted by molar-refractivity contribution is 6.00. The van der Waals surface area contributed by atoms with Crippen LogP contribution in [0, 0.1) is 24.1 Å². The molecule has 3 heterocycles. The number of hydrogen-bond acceptors (Lipinski definition) is 8. The molecule has 1 atom stereocenters. The van der Waals surface area contributed by atoms with Gasteiger partial charge >= 0.3 is 0 Å². The van der Waals surface area contributed by atoms with Crippen LogP contribution in [-0.4, -0.2) is 30.4 Å². The van der Waals surface area contributed by atoms with Crippen molar-refractivity contribution in [1.82, 2.24) is 29.8 Å². The number of carbonyl (C=O) groups excluding carboxylic acids is 1. The Balaban J connectivity index is 1.34. The SMILES string of the molecule is Cc1ccc([C@H](C)NC(=O)c2nc(C#N)cnc2NCc2ccc(-c3cn(C)c4ncnc(N)c34)cc2)cc1F. The summed E-state index contributed by atoms with van der Waals surface area (Å²) in [6.07, 6.45) is 4.71. The second-order valence-corrected chi connectivity index (χ2v) is 9.43. The Labute approximate surface area is 229 Å². The topological polar surface area (TPSA) is 147 Å². The first-order valence-corrected chi connectivity index (χ1v) is 12.5. The summed E-state index contributed by atoms with van der Waals surface area (Å²) >= 11 is 0. The van der Waals surface area contributed by atoms with Gasteiger partial charge in [0.2, 0.25) is 0 Å². The molecule has 0 spiro atoms. The zero-order valence-corrected chi connectivity index (χ0v) is 22.1. The lowest BCUT2D eigenvalue weighted by Gasteiger charge is -2.16.